The standard InChI is InChI=1S/C26H37N3O4S.C25H35N3O4S/c1-20-17-25(33-5)18-21(2)26(20)34(31,32)28(4)12-11-24(30)10-9-22-7-6-8-23(19-22)29-15-13-27(3)14-16-29;1-19-16-24(32-4)17-20(2)25(19)33(30,31)27(3)13-10-23(29)9-8-21-6-5-7-22(18-21)28-14-11-26-12-15-28/h6-8,17-19H,9-16H2,1-5H3;5-7,16-18,26H,8-15H2,1-4H3. The first-order chi connectivity index (χ1) is 31.8. The van der Waals surface area contributed by atoms with Crippen molar-refractivity contribution in [1.82, 2.24) is 18.8 Å². The largest absolute Gasteiger partial charge is 0.497 e. The SMILES string of the molecule is COc1cc(C)c(S(=O)(=O)N(C)CCC(=O)CCc2cccc(N3CCN(C)CC3)c2)c(C)c1.COc1cc(C)c(S(=O)(=O)N(C)CCC(=O)CCc2cccc(N3CCNCC3)c2)c(C)c1. The van der Waals surface area contributed by atoms with E-state index in [1.165, 1.54) is 34.1 Å². The van der Waals surface area contributed by atoms with Crippen molar-refractivity contribution in [3.8, 4) is 11.5 Å². The number of carbonyl (C=O) groups excluding carboxylic acids is 2. The van der Waals surface area contributed by atoms with Gasteiger partial charge in [-0.25, -0.2) is 25.4 Å². The first kappa shape index (κ1) is 53.1. The zero-order chi connectivity index (χ0) is 48.9. The number of carbonyl (C=O) groups is 2. The molecule has 16 heteroatoms. The zero-order valence-electron chi connectivity index (χ0n) is 41.1. The molecule has 2 aliphatic rings. The quantitative estimate of drug-likeness (QED) is 0.107. The predicted octanol–water partition coefficient (Wildman–Crippen LogP) is 6.21. The lowest BCUT2D eigenvalue weighted by atomic mass is 10.0. The van der Waals surface area contributed by atoms with E-state index < -0.39 is 20.0 Å². The number of aryl methyl sites for hydroxylation is 6. The van der Waals surface area contributed by atoms with Crippen molar-refractivity contribution in [2.24, 2.45) is 0 Å². The molecule has 2 saturated heterocycles. The number of hydrogen-bond acceptors (Lipinski definition) is 12. The lowest BCUT2D eigenvalue weighted by molar-refractivity contribution is -0.119. The second-order valence-corrected chi connectivity index (χ2v) is 21.7. The van der Waals surface area contributed by atoms with Gasteiger partial charge in [0, 0.05) is 117 Å². The molecule has 2 heterocycles. The molecule has 4 aromatic rings. The van der Waals surface area contributed by atoms with Gasteiger partial charge in [-0.15, -0.1) is 0 Å². The van der Waals surface area contributed by atoms with E-state index in [0.717, 1.165) is 63.5 Å². The third kappa shape index (κ3) is 14.6. The molecule has 0 atom stereocenters. The van der Waals surface area contributed by atoms with Gasteiger partial charge in [0.2, 0.25) is 20.0 Å². The van der Waals surface area contributed by atoms with Gasteiger partial charge < -0.3 is 29.5 Å². The number of nitrogens with one attached hydrogen (secondary N) is 1. The second-order valence-electron chi connectivity index (χ2n) is 17.8. The average molecular weight is 961 g/mol. The van der Waals surface area contributed by atoms with Crippen LogP contribution in [-0.2, 0) is 42.5 Å². The molecule has 0 aliphatic carbocycles. The van der Waals surface area contributed by atoms with Crippen LogP contribution < -0.4 is 24.6 Å². The maximum atomic E-state index is 13.1. The summed E-state index contributed by atoms with van der Waals surface area (Å²) in [4.78, 5) is 32.7. The van der Waals surface area contributed by atoms with Crippen molar-refractivity contribution in [3.63, 3.8) is 0 Å². The molecule has 4 aromatic carbocycles. The van der Waals surface area contributed by atoms with Gasteiger partial charge in [0.15, 0.2) is 0 Å². The Morgan fingerprint density at radius 3 is 1.31 bits per heavy atom. The summed E-state index contributed by atoms with van der Waals surface area (Å²) in [6.07, 6.45) is 2.52. The fraction of sp³-hybridized carbons (Fsp3) is 0.490. The number of piperazine rings is 2. The molecule has 0 aromatic heterocycles. The molecule has 6 rings (SSSR count). The van der Waals surface area contributed by atoms with Crippen molar-refractivity contribution in [1.29, 1.82) is 0 Å². The van der Waals surface area contributed by atoms with Crippen LogP contribution in [0, 0.1) is 27.7 Å². The normalized spacial score (nSPS) is 14.8. The van der Waals surface area contributed by atoms with E-state index in [0.29, 0.717) is 59.4 Å². The van der Waals surface area contributed by atoms with Crippen LogP contribution in [0.25, 0.3) is 0 Å². The van der Waals surface area contributed by atoms with Crippen LogP contribution in [-0.4, -0.2) is 143 Å². The Hall–Kier alpha value is -4.84. The van der Waals surface area contributed by atoms with Crippen LogP contribution >= 0.6 is 0 Å². The summed E-state index contributed by atoms with van der Waals surface area (Å²) >= 11 is 0. The van der Waals surface area contributed by atoms with Gasteiger partial charge >= 0.3 is 0 Å². The fourth-order valence-corrected chi connectivity index (χ4v) is 11.8. The second kappa shape index (κ2) is 24.4. The van der Waals surface area contributed by atoms with E-state index in [2.05, 4.69) is 57.4 Å². The smallest absolute Gasteiger partial charge is 0.243 e. The van der Waals surface area contributed by atoms with Crippen molar-refractivity contribution >= 4 is 43.0 Å². The van der Waals surface area contributed by atoms with Crippen LogP contribution in [0.15, 0.2) is 82.6 Å². The highest BCUT2D eigenvalue weighted by atomic mass is 32.2. The summed E-state index contributed by atoms with van der Waals surface area (Å²) < 4.78 is 65.5. The number of ether oxygens (including phenoxy) is 2. The molecule has 0 bridgehead atoms. The Kier molecular flexibility index (Phi) is 19.4. The maximum absolute atomic E-state index is 13.1. The lowest BCUT2D eigenvalue weighted by Gasteiger charge is -2.34. The Balaban J connectivity index is 0.000000251. The van der Waals surface area contributed by atoms with Crippen LogP contribution in [0.3, 0.4) is 0 Å². The van der Waals surface area contributed by atoms with E-state index in [1.54, 1.807) is 66.2 Å². The van der Waals surface area contributed by atoms with Gasteiger partial charge in [0.05, 0.1) is 24.0 Å². The molecule has 0 unspecified atom stereocenters. The Morgan fingerprint density at radius 2 is 0.940 bits per heavy atom. The topological polar surface area (TPSA) is 149 Å². The van der Waals surface area contributed by atoms with Gasteiger partial charge in [-0.05, 0) is 129 Å². The summed E-state index contributed by atoms with van der Waals surface area (Å²) in [5.41, 5.74) is 7.20. The van der Waals surface area contributed by atoms with Crippen LogP contribution in [0.4, 0.5) is 11.4 Å². The monoisotopic (exact) mass is 960 g/mol. The summed E-state index contributed by atoms with van der Waals surface area (Å²) in [5, 5.41) is 3.36. The number of hydrogen-bond donors (Lipinski definition) is 1. The number of methoxy groups -OCH3 is 2. The highest BCUT2D eigenvalue weighted by molar-refractivity contribution is 7.89. The van der Waals surface area contributed by atoms with Crippen molar-refractivity contribution < 1.29 is 35.9 Å². The third-order valence-corrected chi connectivity index (χ3v) is 17.0. The lowest BCUT2D eigenvalue weighted by Crippen LogP contribution is -2.44. The Bertz CT molecular complexity index is 2490. The number of Topliss-reactive ketones (excluding diaryl/α,β-unsaturated/α-hetero) is 2. The van der Waals surface area contributed by atoms with E-state index in [9.17, 15) is 26.4 Å². The van der Waals surface area contributed by atoms with Crippen molar-refractivity contribution in [2.45, 2.75) is 76.0 Å². The molecule has 366 valence electrons. The van der Waals surface area contributed by atoms with Gasteiger partial charge in [0.1, 0.15) is 23.1 Å². The molecule has 2 aliphatic heterocycles. The van der Waals surface area contributed by atoms with E-state index in [4.69, 9.17) is 9.47 Å². The van der Waals surface area contributed by atoms with Crippen LogP contribution in [0.2, 0.25) is 0 Å². The Morgan fingerprint density at radius 1 is 0.567 bits per heavy atom. The summed E-state index contributed by atoms with van der Waals surface area (Å²) in [6.45, 7) is 15.4. The predicted molar refractivity (Wildman–Crippen MR) is 268 cm³/mol. The first-order valence-corrected chi connectivity index (χ1v) is 26.1. The molecule has 67 heavy (non-hydrogen) atoms. The molecule has 1 N–H and O–H groups in total. The average Bonchev–Trinajstić information content (AvgIpc) is 3.31. The number of sulfonamides is 2. The number of likely N-dealkylation sites (N-methyl/N-ethyl adjacent to an activating group) is 1. The molecule has 0 amide bonds. The van der Waals surface area contributed by atoms with Crippen LogP contribution in [0.5, 0.6) is 11.5 Å². The maximum Gasteiger partial charge on any atom is 0.243 e. The summed E-state index contributed by atoms with van der Waals surface area (Å²) in [5.74, 6) is 1.38. The van der Waals surface area contributed by atoms with Crippen molar-refractivity contribution in [3.05, 3.63) is 106 Å². The molecule has 0 saturated carbocycles. The fourth-order valence-electron chi connectivity index (χ4n) is 8.61. The number of ketones is 2. The Labute approximate surface area is 400 Å². The molecule has 0 spiro atoms. The van der Waals surface area contributed by atoms with E-state index >= 15 is 0 Å². The highest BCUT2D eigenvalue weighted by Gasteiger charge is 2.27. The van der Waals surface area contributed by atoms with E-state index in [-0.39, 0.29) is 47.3 Å². The third-order valence-electron chi connectivity index (χ3n) is 12.6. The molecule has 14 nitrogen and oxygen atoms in total. The first-order valence-electron chi connectivity index (χ1n) is 23.2. The summed E-state index contributed by atoms with van der Waals surface area (Å²) in [6, 6.07) is 23.6. The van der Waals surface area contributed by atoms with Gasteiger partial charge in [0.25, 0.3) is 0 Å². The van der Waals surface area contributed by atoms with Crippen molar-refractivity contribution in [2.75, 3.05) is 111 Å². The van der Waals surface area contributed by atoms with Gasteiger partial charge in [-0.2, -0.15) is 0 Å². The van der Waals surface area contributed by atoms with Crippen LogP contribution in [0.1, 0.15) is 59.1 Å². The van der Waals surface area contributed by atoms with Gasteiger partial charge in [-0.1, -0.05) is 24.3 Å². The summed E-state index contributed by atoms with van der Waals surface area (Å²) in [7, 11) is 0.934. The number of nitrogens with zero attached hydrogens (tertiary/aromatic N) is 5. The molecule has 0 radical (unpaired) electrons. The highest BCUT2D eigenvalue weighted by Crippen LogP contribution is 2.30. The zero-order valence-corrected chi connectivity index (χ0v) is 42.7. The van der Waals surface area contributed by atoms with E-state index in [1.807, 2.05) is 18.2 Å². The number of benzene rings is 4. The number of anilines is 2. The molecular weight excluding hydrogens is 889 g/mol. The minimum absolute atomic E-state index is 0.0628. The number of rotatable bonds is 20. The molecular formula is C51H72N6O8S2. The minimum atomic E-state index is -3.69. The minimum Gasteiger partial charge on any atom is -0.497 e. The van der Waals surface area contributed by atoms with Gasteiger partial charge in [-0.3, -0.25) is 9.59 Å². The molecule has 2 fully saturated rings.